The fraction of sp³-hybridized carbons (Fsp3) is 0.588. The first kappa shape index (κ1) is 20.7. The molecule has 26 heavy (non-hydrogen) atoms. The van der Waals surface area contributed by atoms with Gasteiger partial charge in [-0.05, 0) is 31.0 Å². The molecule has 1 saturated carbocycles. The van der Waals surface area contributed by atoms with Crippen molar-refractivity contribution >= 4 is 15.9 Å². The monoisotopic (exact) mass is 392 g/mol. The van der Waals surface area contributed by atoms with Gasteiger partial charge in [-0.25, -0.2) is 13.1 Å². The van der Waals surface area contributed by atoms with E-state index in [2.05, 4.69) is 10.0 Å². The minimum atomic E-state index is -4.64. The number of hydrogen-bond acceptors (Lipinski definition) is 3. The van der Waals surface area contributed by atoms with Crippen LogP contribution < -0.4 is 10.0 Å². The van der Waals surface area contributed by atoms with Crippen molar-refractivity contribution in [2.24, 2.45) is 0 Å². The lowest BCUT2D eigenvalue weighted by molar-refractivity contribution is -0.137. The minimum absolute atomic E-state index is 0.0147. The van der Waals surface area contributed by atoms with Gasteiger partial charge in [0, 0.05) is 6.04 Å². The average Bonchev–Trinajstić information content (AvgIpc) is 2.55. The molecule has 1 aliphatic rings. The van der Waals surface area contributed by atoms with E-state index in [4.69, 9.17) is 0 Å². The van der Waals surface area contributed by atoms with E-state index in [1.54, 1.807) is 0 Å². The van der Waals surface area contributed by atoms with Crippen LogP contribution in [0.1, 0.15) is 50.5 Å². The van der Waals surface area contributed by atoms with Gasteiger partial charge in [-0.3, -0.25) is 4.79 Å². The van der Waals surface area contributed by atoms with Gasteiger partial charge in [-0.15, -0.1) is 0 Å². The van der Waals surface area contributed by atoms with Crippen LogP contribution in [0, 0.1) is 0 Å². The van der Waals surface area contributed by atoms with E-state index in [1.807, 2.05) is 0 Å². The van der Waals surface area contributed by atoms with E-state index in [-0.39, 0.29) is 6.04 Å². The number of hydrogen-bond donors (Lipinski definition) is 2. The number of carbonyl (C=O) groups excluding carboxylic acids is 1. The average molecular weight is 392 g/mol. The highest BCUT2D eigenvalue weighted by Gasteiger charge is 2.31. The van der Waals surface area contributed by atoms with Gasteiger partial charge >= 0.3 is 6.18 Å². The number of nitrogens with one attached hydrogen (secondary N) is 2. The maximum atomic E-state index is 12.7. The number of alkyl halides is 3. The number of sulfonamides is 1. The van der Waals surface area contributed by atoms with E-state index >= 15 is 0 Å². The highest BCUT2D eigenvalue weighted by molar-refractivity contribution is 7.89. The Morgan fingerprint density at radius 2 is 1.69 bits per heavy atom. The largest absolute Gasteiger partial charge is 0.416 e. The maximum Gasteiger partial charge on any atom is 0.416 e. The molecule has 146 valence electrons. The highest BCUT2D eigenvalue weighted by atomic mass is 32.2. The summed E-state index contributed by atoms with van der Waals surface area (Å²) in [5.74, 6) is -0.480. The van der Waals surface area contributed by atoms with E-state index in [0.717, 1.165) is 56.7 Å². The lowest BCUT2D eigenvalue weighted by atomic mass is 9.97. The summed E-state index contributed by atoms with van der Waals surface area (Å²) >= 11 is 0. The first-order chi connectivity index (χ1) is 12.2. The second kappa shape index (κ2) is 8.85. The summed E-state index contributed by atoms with van der Waals surface area (Å²) in [4.78, 5) is 11.5. The van der Waals surface area contributed by atoms with Crippen LogP contribution in [-0.2, 0) is 21.0 Å². The summed E-state index contributed by atoms with van der Waals surface area (Å²) in [6, 6.07) is 3.44. The summed E-state index contributed by atoms with van der Waals surface area (Å²) in [7, 11) is -4.20. The van der Waals surface area contributed by atoms with Gasteiger partial charge in [0.1, 0.15) is 0 Å². The van der Waals surface area contributed by atoms with Gasteiger partial charge < -0.3 is 5.32 Å². The third-order valence-corrected chi connectivity index (χ3v) is 5.76. The lowest BCUT2D eigenvalue weighted by Gasteiger charge is -2.21. The predicted octanol–water partition coefficient (Wildman–Crippen LogP) is 3.21. The molecule has 0 aliphatic heterocycles. The van der Waals surface area contributed by atoms with Crippen molar-refractivity contribution in [2.45, 2.75) is 62.1 Å². The summed E-state index contributed by atoms with van der Waals surface area (Å²) in [5, 5.41) is 2.80. The van der Waals surface area contributed by atoms with Crippen molar-refractivity contribution in [3.05, 3.63) is 29.8 Å². The van der Waals surface area contributed by atoms with Gasteiger partial charge in [0.15, 0.2) is 0 Å². The van der Waals surface area contributed by atoms with Crippen LogP contribution in [0.25, 0.3) is 0 Å². The Morgan fingerprint density at radius 1 is 1.08 bits per heavy atom. The Hall–Kier alpha value is -1.61. The standard InChI is InChI=1S/C17H23F3N2O3S/c18-17(19,20)13-7-6-10-15(11-13)26(24,25)21-12-16(23)22-14-8-4-2-1-3-5-9-14/h6-7,10-11,14,21H,1-5,8-9,12H2,(H,22,23). The Morgan fingerprint density at radius 3 is 2.31 bits per heavy atom. The lowest BCUT2D eigenvalue weighted by Crippen LogP contribution is -2.42. The van der Waals surface area contributed by atoms with Crippen molar-refractivity contribution in [1.29, 1.82) is 0 Å². The van der Waals surface area contributed by atoms with Gasteiger partial charge in [0.25, 0.3) is 0 Å². The van der Waals surface area contributed by atoms with Crippen LogP contribution in [0.4, 0.5) is 13.2 Å². The summed E-state index contributed by atoms with van der Waals surface area (Å²) in [6.45, 7) is -0.505. The molecule has 9 heteroatoms. The van der Waals surface area contributed by atoms with E-state index in [1.165, 1.54) is 6.42 Å². The molecule has 5 nitrogen and oxygen atoms in total. The van der Waals surface area contributed by atoms with Crippen molar-refractivity contribution in [3.63, 3.8) is 0 Å². The third kappa shape index (κ3) is 6.28. The minimum Gasteiger partial charge on any atom is -0.352 e. The molecule has 0 atom stereocenters. The smallest absolute Gasteiger partial charge is 0.352 e. The van der Waals surface area contributed by atoms with Crippen LogP contribution in [0.3, 0.4) is 0 Å². The predicted molar refractivity (Wildman–Crippen MR) is 90.9 cm³/mol. The van der Waals surface area contributed by atoms with Gasteiger partial charge in [0.05, 0.1) is 17.0 Å². The molecule has 1 amide bonds. The second-order valence-electron chi connectivity index (χ2n) is 6.46. The number of halogens is 3. The van der Waals surface area contributed by atoms with Crippen molar-refractivity contribution in [2.75, 3.05) is 6.54 Å². The fourth-order valence-corrected chi connectivity index (χ4v) is 3.99. The van der Waals surface area contributed by atoms with Crippen molar-refractivity contribution in [1.82, 2.24) is 10.0 Å². The first-order valence-electron chi connectivity index (χ1n) is 8.65. The molecule has 0 heterocycles. The van der Waals surface area contributed by atoms with Gasteiger partial charge in [-0.2, -0.15) is 13.2 Å². The molecule has 0 spiro atoms. The fourth-order valence-electron chi connectivity index (χ4n) is 2.96. The Kier molecular flexibility index (Phi) is 7.05. The van der Waals surface area contributed by atoms with Gasteiger partial charge in [0.2, 0.25) is 15.9 Å². The summed E-state index contributed by atoms with van der Waals surface area (Å²) in [5.41, 5.74) is -1.06. The summed E-state index contributed by atoms with van der Waals surface area (Å²) < 4.78 is 64.5. The van der Waals surface area contributed by atoms with E-state index < -0.39 is 39.1 Å². The van der Waals surface area contributed by atoms with Crippen LogP contribution in [-0.4, -0.2) is 26.9 Å². The molecule has 1 aromatic carbocycles. The molecule has 0 saturated heterocycles. The topological polar surface area (TPSA) is 75.3 Å². The molecule has 0 radical (unpaired) electrons. The quantitative estimate of drug-likeness (QED) is 0.808. The Labute approximate surface area is 151 Å². The molecular weight excluding hydrogens is 369 g/mol. The maximum absolute atomic E-state index is 12.7. The van der Waals surface area contributed by atoms with E-state index in [9.17, 15) is 26.4 Å². The van der Waals surface area contributed by atoms with Crippen LogP contribution in [0.15, 0.2) is 29.2 Å². The second-order valence-corrected chi connectivity index (χ2v) is 8.23. The Bertz CT molecular complexity index is 712. The molecule has 2 rings (SSSR count). The normalized spacial score (nSPS) is 17.3. The molecule has 1 aromatic rings. The van der Waals surface area contributed by atoms with Crippen LogP contribution in [0.2, 0.25) is 0 Å². The van der Waals surface area contributed by atoms with Crippen molar-refractivity contribution < 1.29 is 26.4 Å². The number of carbonyl (C=O) groups is 1. The molecule has 0 aromatic heterocycles. The zero-order chi connectivity index (χ0) is 19.2. The molecule has 1 fully saturated rings. The van der Waals surface area contributed by atoms with E-state index in [0.29, 0.717) is 6.07 Å². The molecule has 0 bridgehead atoms. The van der Waals surface area contributed by atoms with Crippen LogP contribution >= 0.6 is 0 Å². The van der Waals surface area contributed by atoms with Crippen LogP contribution in [0.5, 0.6) is 0 Å². The molecule has 0 unspecified atom stereocenters. The number of rotatable bonds is 5. The number of benzene rings is 1. The zero-order valence-electron chi connectivity index (χ0n) is 14.3. The zero-order valence-corrected chi connectivity index (χ0v) is 15.1. The molecule has 2 N–H and O–H groups in total. The van der Waals surface area contributed by atoms with Gasteiger partial charge in [-0.1, -0.05) is 38.2 Å². The summed E-state index contributed by atoms with van der Waals surface area (Å²) in [6.07, 6.45) is 2.53. The SMILES string of the molecule is O=C(CNS(=O)(=O)c1cccc(C(F)(F)F)c1)NC1CCCCCCC1. The third-order valence-electron chi connectivity index (χ3n) is 4.36. The van der Waals surface area contributed by atoms with Crippen molar-refractivity contribution in [3.8, 4) is 0 Å². The first-order valence-corrected chi connectivity index (χ1v) is 10.1. The molecule has 1 aliphatic carbocycles. The Balaban J connectivity index is 1.93. The highest BCUT2D eigenvalue weighted by Crippen LogP contribution is 2.30. The number of amides is 1. The molecular formula is C17H23F3N2O3S.